The average molecular weight is 310 g/mol. The molecule has 0 radical (unpaired) electrons. The fourth-order valence-corrected chi connectivity index (χ4v) is 7.06. The Labute approximate surface area is 141 Å². The number of fused-ring (bicyclic) bond motifs is 5. The highest BCUT2D eigenvalue weighted by atomic mass is 16.1. The first-order valence-corrected chi connectivity index (χ1v) is 9.56. The standard InChI is InChI=1S/C22H30O/c1-5-20(2)11-9-19-17-7-6-15-14-16(23)8-12-21(15,3)18(17)10-13-22(19,20)4/h1,14,17-19H,6-13H2,2-4H3/t17?,18-,19-,20-,21-,22-/m0/s1. The molecule has 0 amide bonds. The highest BCUT2D eigenvalue weighted by Crippen LogP contribution is 2.69. The Morgan fingerprint density at radius 2 is 1.78 bits per heavy atom. The number of carbonyl (C=O) groups excluding carboxylic acids is 1. The maximum Gasteiger partial charge on any atom is 0.155 e. The third-order valence-electron chi connectivity index (χ3n) is 8.89. The Hall–Kier alpha value is -1.03. The molecule has 3 saturated carbocycles. The van der Waals surface area contributed by atoms with Crippen LogP contribution in [0.4, 0.5) is 0 Å². The second-order valence-corrected chi connectivity index (χ2v) is 9.44. The van der Waals surface area contributed by atoms with Gasteiger partial charge in [-0.05, 0) is 86.5 Å². The topological polar surface area (TPSA) is 17.1 Å². The summed E-state index contributed by atoms with van der Waals surface area (Å²) >= 11 is 0. The lowest BCUT2D eigenvalue weighted by molar-refractivity contribution is -0.117. The van der Waals surface area contributed by atoms with E-state index in [0.717, 1.165) is 37.0 Å². The van der Waals surface area contributed by atoms with E-state index in [4.69, 9.17) is 6.42 Å². The normalized spacial score (nSPS) is 52.0. The van der Waals surface area contributed by atoms with E-state index in [9.17, 15) is 4.79 Å². The van der Waals surface area contributed by atoms with E-state index >= 15 is 0 Å². The van der Waals surface area contributed by atoms with E-state index in [0.29, 0.717) is 11.2 Å². The number of hydrogen-bond donors (Lipinski definition) is 0. The van der Waals surface area contributed by atoms with Gasteiger partial charge >= 0.3 is 0 Å². The number of rotatable bonds is 0. The van der Waals surface area contributed by atoms with Crippen molar-refractivity contribution in [2.75, 3.05) is 0 Å². The van der Waals surface area contributed by atoms with Crippen LogP contribution in [0.2, 0.25) is 0 Å². The molecule has 4 rings (SSSR count). The number of allylic oxidation sites excluding steroid dienone is 1. The molecule has 0 aromatic rings. The molecule has 0 aliphatic heterocycles. The van der Waals surface area contributed by atoms with Gasteiger partial charge in [0.15, 0.2) is 5.78 Å². The molecule has 1 unspecified atom stereocenters. The number of terminal acetylenes is 1. The van der Waals surface area contributed by atoms with E-state index in [-0.39, 0.29) is 10.8 Å². The van der Waals surface area contributed by atoms with Gasteiger partial charge in [0.05, 0.1) is 0 Å². The Bertz CT molecular complexity index is 622. The van der Waals surface area contributed by atoms with Crippen molar-refractivity contribution in [3.63, 3.8) is 0 Å². The summed E-state index contributed by atoms with van der Waals surface area (Å²) < 4.78 is 0. The zero-order valence-electron chi connectivity index (χ0n) is 15.0. The Balaban J connectivity index is 1.70. The molecule has 0 bridgehead atoms. The molecule has 6 atom stereocenters. The fourth-order valence-electron chi connectivity index (χ4n) is 7.06. The maximum atomic E-state index is 11.9. The van der Waals surface area contributed by atoms with Crippen molar-refractivity contribution in [1.29, 1.82) is 0 Å². The van der Waals surface area contributed by atoms with Crippen LogP contribution in [0, 0.1) is 46.3 Å². The summed E-state index contributed by atoms with van der Waals surface area (Å²) in [6.45, 7) is 7.28. The summed E-state index contributed by atoms with van der Waals surface area (Å²) in [5.41, 5.74) is 2.16. The van der Waals surface area contributed by atoms with E-state index in [1.807, 2.05) is 6.08 Å². The van der Waals surface area contributed by atoms with Gasteiger partial charge in [-0.3, -0.25) is 4.79 Å². The molecule has 0 saturated heterocycles. The van der Waals surface area contributed by atoms with E-state index in [1.165, 1.54) is 37.7 Å². The summed E-state index contributed by atoms with van der Waals surface area (Å²) in [5, 5.41) is 0. The lowest BCUT2D eigenvalue weighted by Crippen LogP contribution is -2.51. The van der Waals surface area contributed by atoms with Crippen molar-refractivity contribution >= 4 is 5.78 Å². The predicted octanol–water partition coefficient (Wildman–Crippen LogP) is 5.16. The van der Waals surface area contributed by atoms with Gasteiger partial charge in [-0.1, -0.05) is 25.3 Å². The second kappa shape index (κ2) is 4.75. The highest BCUT2D eigenvalue weighted by Gasteiger charge is 2.62. The maximum absolute atomic E-state index is 11.9. The molecule has 1 heteroatoms. The predicted molar refractivity (Wildman–Crippen MR) is 93.7 cm³/mol. The third-order valence-corrected chi connectivity index (χ3v) is 8.89. The summed E-state index contributed by atoms with van der Waals surface area (Å²) in [6, 6.07) is 0. The summed E-state index contributed by atoms with van der Waals surface area (Å²) in [6.07, 6.45) is 17.3. The molecule has 1 nitrogen and oxygen atoms in total. The van der Waals surface area contributed by atoms with Crippen LogP contribution in [0.1, 0.15) is 72.1 Å². The zero-order valence-corrected chi connectivity index (χ0v) is 15.0. The van der Waals surface area contributed by atoms with Gasteiger partial charge in [-0.15, -0.1) is 6.42 Å². The van der Waals surface area contributed by atoms with Gasteiger partial charge in [-0.2, -0.15) is 0 Å². The first kappa shape index (κ1) is 15.5. The molecule has 4 aliphatic rings. The van der Waals surface area contributed by atoms with Crippen LogP contribution in [0.15, 0.2) is 11.6 Å². The monoisotopic (exact) mass is 310 g/mol. The minimum absolute atomic E-state index is 0.0855. The molecular weight excluding hydrogens is 280 g/mol. The SMILES string of the molecule is C#C[C@@]1(C)CC[C@H]2C3CCC4=CC(=O)CC[C@]4(C)[C@H]3CC[C@@]21C. The highest BCUT2D eigenvalue weighted by molar-refractivity contribution is 5.91. The van der Waals surface area contributed by atoms with Gasteiger partial charge in [-0.25, -0.2) is 0 Å². The van der Waals surface area contributed by atoms with Crippen LogP contribution < -0.4 is 0 Å². The minimum Gasteiger partial charge on any atom is -0.295 e. The Kier molecular flexibility index (Phi) is 3.20. The van der Waals surface area contributed by atoms with Crippen LogP contribution in [0.3, 0.4) is 0 Å². The second-order valence-electron chi connectivity index (χ2n) is 9.44. The van der Waals surface area contributed by atoms with Crippen LogP contribution >= 0.6 is 0 Å². The third kappa shape index (κ3) is 1.84. The number of ketones is 1. The molecule has 4 aliphatic carbocycles. The molecule has 0 N–H and O–H groups in total. The van der Waals surface area contributed by atoms with Crippen molar-refractivity contribution in [2.45, 2.75) is 72.1 Å². The van der Waals surface area contributed by atoms with Crippen molar-refractivity contribution in [2.24, 2.45) is 34.0 Å². The van der Waals surface area contributed by atoms with Crippen LogP contribution in [0.25, 0.3) is 0 Å². The molecule has 0 spiro atoms. The van der Waals surface area contributed by atoms with Gasteiger partial charge in [0.2, 0.25) is 0 Å². The molecular formula is C22H30O. The zero-order chi connectivity index (χ0) is 16.5. The van der Waals surface area contributed by atoms with Crippen LogP contribution in [0.5, 0.6) is 0 Å². The average Bonchev–Trinajstić information content (AvgIpc) is 2.80. The first-order valence-electron chi connectivity index (χ1n) is 9.56. The lowest BCUT2D eigenvalue weighted by Gasteiger charge is -2.59. The molecule has 3 fully saturated rings. The lowest BCUT2D eigenvalue weighted by atomic mass is 9.45. The van der Waals surface area contributed by atoms with Crippen LogP contribution in [-0.4, -0.2) is 5.78 Å². The van der Waals surface area contributed by atoms with Crippen LogP contribution in [-0.2, 0) is 4.79 Å². The van der Waals surface area contributed by atoms with Crippen molar-refractivity contribution in [1.82, 2.24) is 0 Å². The summed E-state index contributed by atoms with van der Waals surface area (Å²) in [7, 11) is 0. The molecule has 0 aromatic carbocycles. The number of carbonyl (C=O) groups is 1. The largest absolute Gasteiger partial charge is 0.295 e. The summed E-state index contributed by atoms with van der Waals surface area (Å²) in [5.74, 6) is 5.93. The molecule has 0 aromatic heterocycles. The van der Waals surface area contributed by atoms with Crippen molar-refractivity contribution < 1.29 is 4.79 Å². The fraction of sp³-hybridized carbons (Fsp3) is 0.773. The Morgan fingerprint density at radius 1 is 1.04 bits per heavy atom. The van der Waals surface area contributed by atoms with Crippen molar-refractivity contribution in [3.8, 4) is 12.3 Å². The first-order chi connectivity index (χ1) is 10.8. The van der Waals surface area contributed by atoms with E-state index in [2.05, 4.69) is 26.7 Å². The van der Waals surface area contributed by atoms with Crippen molar-refractivity contribution in [3.05, 3.63) is 11.6 Å². The number of hydrogen-bond acceptors (Lipinski definition) is 1. The Morgan fingerprint density at radius 3 is 2.52 bits per heavy atom. The molecule has 23 heavy (non-hydrogen) atoms. The minimum atomic E-state index is 0.0855. The van der Waals surface area contributed by atoms with Gasteiger partial charge in [0, 0.05) is 11.8 Å². The van der Waals surface area contributed by atoms with E-state index < -0.39 is 0 Å². The van der Waals surface area contributed by atoms with Gasteiger partial charge < -0.3 is 0 Å². The molecule has 124 valence electrons. The van der Waals surface area contributed by atoms with Gasteiger partial charge in [0.25, 0.3) is 0 Å². The molecule has 0 heterocycles. The quantitative estimate of drug-likeness (QED) is 0.565. The summed E-state index contributed by atoms with van der Waals surface area (Å²) in [4.78, 5) is 11.9. The smallest absolute Gasteiger partial charge is 0.155 e. The van der Waals surface area contributed by atoms with E-state index in [1.54, 1.807) is 0 Å². The van der Waals surface area contributed by atoms with Gasteiger partial charge in [0.1, 0.15) is 0 Å².